The van der Waals surface area contributed by atoms with Crippen molar-refractivity contribution in [1.29, 1.82) is 0 Å². The highest BCUT2D eigenvalue weighted by Crippen LogP contribution is 2.32. The molecule has 1 fully saturated rings. The Morgan fingerprint density at radius 2 is 1.79 bits per heavy atom. The van der Waals surface area contributed by atoms with Crippen molar-refractivity contribution in [3.8, 4) is 0 Å². The normalized spacial score (nSPS) is 19.3. The molecule has 0 aliphatic carbocycles. The number of rotatable bonds is 4. The van der Waals surface area contributed by atoms with E-state index in [-0.39, 0.29) is 23.9 Å². The van der Waals surface area contributed by atoms with Crippen LogP contribution in [0.15, 0.2) is 48.5 Å². The molecule has 4 amide bonds. The number of urea groups is 1. The number of fused-ring (bicyclic) bond motifs is 2. The van der Waals surface area contributed by atoms with Crippen molar-refractivity contribution in [3.63, 3.8) is 0 Å². The van der Waals surface area contributed by atoms with Gasteiger partial charge in [0.25, 0.3) is 11.8 Å². The summed E-state index contributed by atoms with van der Waals surface area (Å²) in [6, 6.07) is 13.9. The molecule has 144 valence electrons. The summed E-state index contributed by atoms with van der Waals surface area (Å²) in [6.45, 7) is 4.39. The van der Waals surface area contributed by atoms with Crippen LogP contribution in [-0.4, -0.2) is 34.8 Å². The molecular weight excluding hydrogens is 354 g/mol. The number of benzene rings is 2. The molecule has 2 heterocycles. The van der Waals surface area contributed by atoms with Crippen LogP contribution in [0.25, 0.3) is 0 Å². The Morgan fingerprint density at radius 3 is 2.46 bits per heavy atom. The number of imide groups is 1. The Balaban J connectivity index is 1.55. The molecule has 2 aromatic rings. The molecule has 2 aliphatic heterocycles. The average molecular weight is 377 g/mol. The fourth-order valence-corrected chi connectivity index (χ4v) is 3.73. The first-order valence-electron chi connectivity index (χ1n) is 9.62. The molecule has 28 heavy (non-hydrogen) atoms. The Kier molecular flexibility index (Phi) is 4.63. The monoisotopic (exact) mass is 377 g/mol. The molecule has 0 bridgehead atoms. The van der Waals surface area contributed by atoms with E-state index in [4.69, 9.17) is 0 Å². The van der Waals surface area contributed by atoms with Crippen LogP contribution in [0.2, 0.25) is 0 Å². The van der Waals surface area contributed by atoms with Crippen molar-refractivity contribution < 1.29 is 14.4 Å². The molecular formula is C22H23N3O3. The van der Waals surface area contributed by atoms with Crippen molar-refractivity contribution >= 4 is 23.5 Å². The SMILES string of the molecule is CCC(C)NC(=O)c1ccc(N2C(=O)C3Cc4ccccc4CN3C2=O)cc1. The highest BCUT2D eigenvalue weighted by atomic mass is 16.2. The maximum Gasteiger partial charge on any atom is 0.332 e. The third kappa shape index (κ3) is 3.05. The van der Waals surface area contributed by atoms with Crippen LogP contribution < -0.4 is 10.2 Å². The number of carbonyl (C=O) groups is 3. The number of hydrogen-bond donors (Lipinski definition) is 1. The second-order valence-corrected chi connectivity index (χ2v) is 7.40. The summed E-state index contributed by atoms with van der Waals surface area (Å²) in [6.07, 6.45) is 1.38. The van der Waals surface area contributed by atoms with Crippen molar-refractivity contribution in [1.82, 2.24) is 10.2 Å². The van der Waals surface area contributed by atoms with Gasteiger partial charge in [0.15, 0.2) is 0 Å². The summed E-state index contributed by atoms with van der Waals surface area (Å²) >= 11 is 0. The molecule has 6 heteroatoms. The third-order valence-corrected chi connectivity index (χ3v) is 5.57. The summed E-state index contributed by atoms with van der Waals surface area (Å²) in [5.41, 5.74) is 3.20. The second-order valence-electron chi connectivity index (χ2n) is 7.40. The van der Waals surface area contributed by atoms with E-state index in [0.29, 0.717) is 24.2 Å². The summed E-state index contributed by atoms with van der Waals surface area (Å²) in [5.74, 6) is -0.371. The Hall–Kier alpha value is -3.15. The lowest BCUT2D eigenvalue weighted by Gasteiger charge is -2.28. The Bertz CT molecular complexity index is 895. The largest absolute Gasteiger partial charge is 0.350 e. The van der Waals surface area contributed by atoms with Crippen LogP contribution in [0.3, 0.4) is 0 Å². The van der Waals surface area contributed by atoms with Gasteiger partial charge in [-0.05, 0) is 48.7 Å². The van der Waals surface area contributed by atoms with Crippen molar-refractivity contribution in [2.75, 3.05) is 4.90 Å². The van der Waals surface area contributed by atoms with E-state index < -0.39 is 6.04 Å². The van der Waals surface area contributed by atoms with Gasteiger partial charge in [-0.3, -0.25) is 9.59 Å². The van der Waals surface area contributed by atoms with E-state index in [0.717, 1.165) is 17.5 Å². The van der Waals surface area contributed by atoms with Crippen molar-refractivity contribution in [2.45, 2.75) is 45.3 Å². The first-order valence-corrected chi connectivity index (χ1v) is 9.62. The van der Waals surface area contributed by atoms with E-state index in [2.05, 4.69) is 5.32 Å². The molecule has 0 radical (unpaired) electrons. The number of carbonyl (C=O) groups excluding carboxylic acids is 3. The highest BCUT2D eigenvalue weighted by Gasteiger charge is 2.47. The van der Waals surface area contributed by atoms with Gasteiger partial charge in [-0.15, -0.1) is 0 Å². The number of anilines is 1. The van der Waals surface area contributed by atoms with Crippen molar-refractivity contribution in [2.24, 2.45) is 0 Å². The van der Waals surface area contributed by atoms with Gasteiger partial charge in [0.1, 0.15) is 6.04 Å². The van der Waals surface area contributed by atoms with Gasteiger partial charge in [-0.1, -0.05) is 31.2 Å². The highest BCUT2D eigenvalue weighted by molar-refractivity contribution is 6.21. The van der Waals surface area contributed by atoms with Gasteiger partial charge in [0, 0.05) is 24.6 Å². The van der Waals surface area contributed by atoms with Gasteiger partial charge in [0.05, 0.1) is 5.69 Å². The zero-order valence-corrected chi connectivity index (χ0v) is 16.0. The smallest absolute Gasteiger partial charge is 0.332 e. The summed E-state index contributed by atoms with van der Waals surface area (Å²) in [4.78, 5) is 41.0. The molecule has 2 unspecified atom stereocenters. The minimum Gasteiger partial charge on any atom is -0.350 e. The Morgan fingerprint density at radius 1 is 1.11 bits per heavy atom. The van der Waals surface area contributed by atoms with Gasteiger partial charge in [0.2, 0.25) is 0 Å². The number of nitrogens with one attached hydrogen (secondary N) is 1. The third-order valence-electron chi connectivity index (χ3n) is 5.57. The van der Waals surface area contributed by atoms with E-state index >= 15 is 0 Å². The molecule has 2 aromatic carbocycles. The fraction of sp³-hybridized carbons (Fsp3) is 0.318. The van der Waals surface area contributed by atoms with E-state index in [1.54, 1.807) is 29.2 Å². The molecule has 0 spiro atoms. The average Bonchev–Trinajstić information content (AvgIpc) is 2.96. The number of hydrogen-bond acceptors (Lipinski definition) is 3. The van der Waals surface area contributed by atoms with Gasteiger partial charge < -0.3 is 10.2 Å². The molecule has 1 saturated heterocycles. The topological polar surface area (TPSA) is 69.7 Å². The van der Waals surface area contributed by atoms with Crippen molar-refractivity contribution in [3.05, 3.63) is 65.2 Å². The molecule has 6 nitrogen and oxygen atoms in total. The number of amides is 4. The van der Waals surface area contributed by atoms with E-state index in [9.17, 15) is 14.4 Å². The standard InChI is InChI=1S/C22H23N3O3/c1-3-14(2)23-20(26)15-8-10-18(11-9-15)25-21(27)19-12-16-6-4-5-7-17(16)13-24(19)22(25)28/h4-11,14,19H,3,12-13H2,1-2H3,(H,23,26). The molecule has 2 atom stereocenters. The first-order chi connectivity index (χ1) is 13.5. The molecule has 4 rings (SSSR count). The second kappa shape index (κ2) is 7.11. The van der Waals surface area contributed by atoms with Crippen LogP contribution in [0, 0.1) is 0 Å². The van der Waals surface area contributed by atoms with E-state index in [1.807, 2.05) is 38.1 Å². The zero-order valence-electron chi connectivity index (χ0n) is 16.0. The van der Waals surface area contributed by atoms with Gasteiger partial charge >= 0.3 is 6.03 Å². The van der Waals surface area contributed by atoms with Gasteiger partial charge in [-0.2, -0.15) is 0 Å². The maximum atomic E-state index is 12.9. The first kappa shape index (κ1) is 18.2. The molecule has 2 aliphatic rings. The van der Waals surface area contributed by atoms with Crippen LogP contribution in [0.1, 0.15) is 41.8 Å². The molecule has 1 N–H and O–H groups in total. The van der Waals surface area contributed by atoms with Crippen LogP contribution in [0.4, 0.5) is 10.5 Å². The van der Waals surface area contributed by atoms with Crippen LogP contribution in [0.5, 0.6) is 0 Å². The summed E-state index contributed by atoms with van der Waals surface area (Å²) in [5, 5.41) is 2.91. The quantitative estimate of drug-likeness (QED) is 0.833. The number of nitrogens with zero attached hydrogens (tertiary/aromatic N) is 2. The lowest BCUT2D eigenvalue weighted by molar-refractivity contribution is -0.120. The van der Waals surface area contributed by atoms with Crippen LogP contribution >= 0.6 is 0 Å². The van der Waals surface area contributed by atoms with E-state index in [1.165, 1.54) is 4.90 Å². The molecule has 0 saturated carbocycles. The minimum atomic E-state index is -0.462. The zero-order chi connectivity index (χ0) is 19.8. The summed E-state index contributed by atoms with van der Waals surface area (Å²) in [7, 11) is 0. The van der Waals surface area contributed by atoms with Gasteiger partial charge in [-0.25, -0.2) is 9.69 Å². The Labute approximate surface area is 164 Å². The summed E-state index contributed by atoms with van der Waals surface area (Å²) < 4.78 is 0. The molecule has 0 aromatic heterocycles. The lowest BCUT2D eigenvalue weighted by atomic mass is 9.95. The fourth-order valence-electron chi connectivity index (χ4n) is 3.73. The maximum absolute atomic E-state index is 12.9. The predicted molar refractivity (Wildman–Crippen MR) is 106 cm³/mol. The predicted octanol–water partition coefficient (Wildman–Crippen LogP) is 3.11. The lowest BCUT2D eigenvalue weighted by Crippen LogP contribution is -2.39. The minimum absolute atomic E-state index is 0.0893. The van der Waals surface area contributed by atoms with Crippen LogP contribution in [-0.2, 0) is 17.8 Å².